The number of rotatable bonds is 6. The standard InChI is InChI=1S/C21H24N4O4/c1-15(21(27)22-19-5-3-4-6-20(19)25(28)29)23-11-13-24(14-12-23)18-9-7-17(8-10-18)16(2)26/h3-10,15H,11-14H2,1-2H3,(H,22,27)/t15-/m1/s1. The third-order valence-corrected chi connectivity index (χ3v) is 5.24. The molecule has 1 aliphatic heterocycles. The van der Waals surface area contributed by atoms with Crippen LogP contribution in [0.15, 0.2) is 48.5 Å². The fraction of sp³-hybridized carbons (Fsp3) is 0.333. The number of anilines is 2. The van der Waals surface area contributed by atoms with Crippen molar-refractivity contribution in [1.29, 1.82) is 0 Å². The molecule has 0 spiro atoms. The normalized spacial score (nSPS) is 15.6. The molecule has 1 atom stereocenters. The van der Waals surface area contributed by atoms with Crippen LogP contribution in [0.25, 0.3) is 0 Å². The van der Waals surface area contributed by atoms with E-state index in [0.29, 0.717) is 18.7 Å². The Kier molecular flexibility index (Phi) is 6.23. The molecule has 0 saturated carbocycles. The monoisotopic (exact) mass is 396 g/mol. The molecule has 1 N–H and O–H groups in total. The van der Waals surface area contributed by atoms with Gasteiger partial charge in [0, 0.05) is 43.5 Å². The van der Waals surface area contributed by atoms with Crippen molar-refractivity contribution < 1.29 is 14.5 Å². The predicted octanol–water partition coefficient (Wildman–Crippen LogP) is 2.95. The third kappa shape index (κ3) is 4.78. The zero-order chi connectivity index (χ0) is 21.0. The van der Waals surface area contributed by atoms with Gasteiger partial charge >= 0.3 is 0 Å². The van der Waals surface area contributed by atoms with E-state index in [1.807, 2.05) is 24.3 Å². The summed E-state index contributed by atoms with van der Waals surface area (Å²) >= 11 is 0. The van der Waals surface area contributed by atoms with Crippen molar-refractivity contribution in [3.05, 3.63) is 64.2 Å². The SMILES string of the molecule is CC(=O)c1ccc(N2CCN([C@H](C)C(=O)Nc3ccccc3[N+](=O)[O-])CC2)cc1. The van der Waals surface area contributed by atoms with E-state index < -0.39 is 11.0 Å². The van der Waals surface area contributed by atoms with Crippen LogP contribution in [0.2, 0.25) is 0 Å². The zero-order valence-electron chi connectivity index (χ0n) is 16.5. The first-order valence-electron chi connectivity index (χ1n) is 9.51. The average Bonchev–Trinajstić information content (AvgIpc) is 2.73. The number of nitro groups is 1. The smallest absolute Gasteiger partial charge is 0.292 e. The van der Waals surface area contributed by atoms with Gasteiger partial charge in [0.2, 0.25) is 5.91 Å². The van der Waals surface area contributed by atoms with Crippen molar-refractivity contribution in [2.75, 3.05) is 36.4 Å². The van der Waals surface area contributed by atoms with Gasteiger partial charge in [0.05, 0.1) is 11.0 Å². The molecule has 1 fully saturated rings. The molecule has 0 aliphatic carbocycles. The number of carbonyl (C=O) groups excluding carboxylic acids is 2. The maximum absolute atomic E-state index is 12.6. The molecule has 152 valence electrons. The largest absolute Gasteiger partial charge is 0.369 e. The second kappa shape index (κ2) is 8.83. The number of nitrogens with one attached hydrogen (secondary N) is 1. The Balaban J connectivity index is 1.58. The summed E-state index contributed by atoms with van der Waals surface area (Å²) in [5.41, 5.74) is 1.82. The lowest BCUT2D eigenvalue weighted by atomic mass is 10.1. The van der Waals surface area contributed by atoms with E-state index in [0.717, 1.165) is 18.8 Å². The molecule has 1 heterocycles. The first-order chi connectivity index (χ1) is 13.9. The number of para-hydroxylation sites is 2. The summed E-state index contributed by atoms with van der Waals surface area (Å²) in [4.78, 5) is 38.9. The Labute approximate surface area is 169 Å². The lowest BCUT2D eigenvalue weighted by Gasteiger charge is -2.38. The van der Waals surface area contributed by atoms with Crippen LogP contribution in [0.5, 0.6) is 0 Å². The summed E-state index contributed by atoms with van der Waals surface area (Å²) in [5.74, 6) is -0.224. The molecule has 0 bridgehead atoms. The maximum atomic E-state index is 12.6. The molecular weight excluding hydrogens is 372 g/mol. The Hall–Kier alpha value is -3.26. The minimum atomic E-state index is -0.504. The Morgan fingerprint density at radius 2 is 1.66 bits per heavy atom. The van der Waals surface area contributed by atoms with Crippen molar-refractivity contribution in [3.8, 4) is 0 Å². The molecule has 1 aliphatic rings. The highest BCUT2D eigenvalue weighted by atomic mass is 16.6. The van der Waals surface area contributed by atoms with Gasteiger partial charge in [-0.2, -0.15) is 0 Å². The van der Waals surface area contributed by atoms with Crippen LogP contribution in [0.4, 0.5) is 17.1 Å². The number of hydrogen-bond donors (Lipinski definition) is 1. The number of amides is 1. The van der Waals surface area contributed by atoms with Crippen LogP contribution in [0.3, 0.4) is 0 Å². The number of nitro benzene ring substituents is 1. The molecule has 29 heavy (non-hydrogen) atoms. The van der Waals surface area contributed by atoms with Gasteiger partial charge in [-0.25, -0.2) is 0 Å². The summed E-state index contributed by atoms with van der Waals surface area (Å²) in [6, 6.07) is 13.3. The minimum absolute atomic E-state index is 0.0415. The molecule has 1 saturated heterocycles. The lowest BCUT2D eigenvalue weighted by molar-refractivity contribution is -0.383. The van der Waals surface area contributed by atoms with E-state index in [1.54, 1.807) is 26.0 Å². The van der Waals surface area contributed by atoms with E-state index in [2.05, 4.69) is 15.1 Å². The highest BCUT2D eigenvalue weighted by Gasteiger charge is 2.27. The first-order valence-corrected chi connectivity index (χ1v) is 9.51. The molecule has 8 heteroatoms. The summed E-state index contributed by atoms with van der Waals surface area (Å²) in [5, 5.41) is 13.8. The van der Waals surface area contributed by atoms with Crippen LogP contribution in [0, 0.1) is 10.1 Å². The number of ketones is 1. The summed E-state index contributed by atoms with van der Waals surface area (Å²) < 4.78 is 0. The maximum Gasteiger partial charge on any atom is 0.292 e. The highest BCUT2D eigenvalue weighted by molar-refractivity contribution is 5.96. The van der Waals surface area contributed by atoms with Crippen molar-refractivity contribution in [1.82, 2.24) is 4.90 Å². The van der Waals surface area contributed by atoms with Crippen molar-refractivity contribution in [2.24, 2.45) is 0 Å². The molecule has 3 rings (SSSR count). The van der Waals surface area contributed by atoms with Crippen LogP contribution in [-0.4, -0.2) is 53.7 Å². The zero-order valence-corrected chi connectivity index (χ0v) is 16.5. The van der Waals surface area contributed by atoms with Crippen LogP contribution >= 0.6 is 0 Å². The van der Waals surface area contributed by atoms with Crippen LogP contribution in [0.1, 0.15) is 24.2 Å². The van der Waals surface area contributed by atoms with Gasteiger partial charge in [-0.1, -0.05) is 12.1 Å². The number of nitrogens with zero attached hydrogens (tertiary/aromatic N) is 3. The predicted molar refractivity (Wildman–Crippen MR) is 111 cm³/mol. The number of carbonyl (C=O) groups is 2. The second-order valence-corrected chi connectivity index (χ2v) is 7.07. The van der Waals surface area contributed by atoms with Crippen molar-refractivity contribution in [3.63, 3.8) is 0 Å². The summed E-state index contributed by atoms with van der Waals surface area (Å²) in [6.45, 7) is 6.25. The Morgan fingerprint density at radius 1 is 1.03 bits per heavy atom. The van der Waals surface area contributed by atoms with Gasteiger partial charge < -0.3 is 10.2 Å². The average molecular weight is 396 g/mol. The van der Waals surface area contributed by atoms with Gasteiger partial charge in [0.25, 0.3) is 5.69 Å². The van der Waals surface area contributed by atoms with Gasteiger partial charge in [0.1, 0.15) is 5.69 Å². The minimum Gasteiger partial charge on any atom is -0.369 e. The van der Waals surface area contributed by atoms with Gasteiger partial charge in [-0.05, 0) is 44.2 Å². The molecular formula is C21H24N4O4. The Bertz CT molecular complexity index is 905. The fourth-order valence-corrected chi connectivity index (χ4v) is 3.42. The molecule has 2 aromatic carbocycles. The second-order valence-electron chi connectivity index (χ2n) is 7.07. The molecule has 1 amide bonds. The number of benzene rings is 2. The molecule has 8 nitrogen and oxygen atoms in total. The van der Waals surface area contributed by atoms with Gasteiger partial charge in [0.15, 0.2) is 5.78 Å². The van der Waals surface area contributed by atoms with E-state index >= 15 is 0 Å². The summed E-state index contributed by atoms with van der Waals surface area (Å²) in [6.07, 6.45) is 0. The number of hydrogen-bond acceptors (Lipinski definition) is 6. The quantitative estimate of drug-likeness (QED) is 0.458. The molecule has 0 radical (unpaired) electrons. The van der Waals surface area contributed by atoms with E-state index in [4.69, 9.17) is 0 Å². The first kappa shape index (κ1) is 20.5. The third-order valence-electron chi connectivity index (χ3n) is 5.24. The van der Waals surface area contributed by atoms with E-state index in [-0.39, 0.29) is 23.1 Å². The van der Waals surface area contributed by atoms with Gasteiger partial charge in [-0.3, -0.25) is 24.6 Å². The van der Waals surface area contributed by atoms with E-state index in [9.17, 15) is 19.7 Å². The number of Topliss-reactive ketones (excluding diaryl/α,β-unsaturated/α-hetero) is 1. The Morgan fingerprint density at radius 3 is 2.24 bits per heavy atom. The molecule has 2 aromatic rings. The van der Waals surface area contributed by atoms with Crippen LogP contribution < -0.4 is 10.2 Å². The molecule has 0 aromatic heterocycles. The number of piperazine rings is 1. The van der Waals surface area contributed by atoms with Crippen molar-refractivity contribution >= 4 is 28.8 Å². The van der Waals surface area contributed by atoms with E-state index in [1.165, 1.54) is 12.1 Å². The van der Waals surface area contributed by atoms with Crippen molar-refractivity contribution in [2.45, 2.75) is 19.9 Å². The topological polar surface area (TPSA) is 95.8 Å². The summed E-state index contributed by atoms with van der Waals surface area (Å²) in [7, 11) is 0. The fourth-order valence-electron chi connectivity index (χ4n) is 3.42. The van der Waals surface area contributed by atoms with Gasteiger partial charge in [-0.15, -0.1) is 0 Å². The van der Waals surface area contributed by atoms with Crippen LogP contribution in [-0.2, 0) is 4.79 Å². The lowest BCUT2D eigenvalue weighted by Crippen LogP contribution is -2.52. The highest BCUT2D eigenvalue weighted by Crippen LogP contribution is 2.24. The molecule has 0 unspecified atom stereocenters.